The molecule has 0 spiro atoms. The topological polar surface area (TPSA) is 21.3 Å². The maximum Gasteiger partial charge on any atom is 0.124 e. The van der Waals surface area contributed by atoms with Crippen LogP contribution in [-0.2, 0) is 0 Å². The highest BCUT2D eigenvalue weighted by atomic mass is 16.5. The average molecular weight is 259 g/mol. The molecule has 3 unspecified atom stereocenters. The fourth-order valence-corrected chi connectivity index (χ4v) is 4.07. The van der Waals surface area contributed by atoms with Crippen molar-refractivity contribution in [2.24, 2.45) is 17.8 Å². The SMILES string of the molecule is CCNC(c1ccccc1OCC)C1C2CCCC21. The van der Waals surface area contributed by atoms with Gasteiger partial charge in [0.25, 0.3) is 0 Å². The highest BCUT2D eigenvalue weighted by Crippen LogP contribution is 2.62. The fraction of sp³-hybridized carbons (Fsp3) is 0.647. The second kappa shape index (κ2) is 5.54. The van der Waals surface area contributed by atoms with Crippen molar-refractivity contribution in [1.82, 2.24) is 5.32 Å². The van der Waals surface area contributed by atoms with Gasteiger partial charge in [0.2, 0.25) is 0 Å². The number of nitrogens with one attached hydrogen (secondary N) is 1. The molecule has 0 bridgehead atoms. The first kappa shape index (κ1) is 13.0. The monoisotopic (exact) mass is 259 g/mol. The Hall–Kier alpha value is -1.02. The van der Waals surface area contributed by atoms with Crippen molar-refractivity contribution in [1.29, 1.82) is 0 Å². The van der Waals surface area contributed by atoms with Gasteiger partial charge in [0.15, 0.2) is 0 Å². The molecule has 104 valence electrons. The summed E-state index contributed by atoms with van der Waals surface area (Å²) in [5.41, 5.74) is 1.37. The third-order valence-electron chi connectivity index (χ3n) is 4.84. The molecule has 19 heavy (non-hydrogen) atoms. The molecule has 3 atom stereocenters. The second-order valence-electron chi connectivity index (χ2n) is 5.84. The highest BCUT2D eigenvalue weighted by Gasteiger charge is 2.56. The van der Waals surface area contributed by atoms with Crippen LogP contribution in [0.2, 0.25) is 0 Å². The van der Waals surface area contributed by atoms with Gasteiger partial charge in [-0.2, -0.15) is 0 Å². The largest absolute Gasteiger partial charge is 0.494 e. The van der Waals surface area contributed by atoms with Gasteiger partial charge in [0.05, 0.1) is 6.61 Å². The number of para-hydroxylation sites is 1. The van der Waals surface area contributed by atoms with E-state index in [4.69, 9.17) is 4.74 Å². The van der Waals surface area contributed by atoms with Crippen molar-refractivity contribution < 1.29 is 4.74 Å². The Labute approximate surface area is 116 Å². The summed E-state index contributed by atoms with van der Waals surface area (Å²) in [6.07, 6.45) is 4.32. The molecular formula is C17H25NO. The molecule has 2 saturated carbocycles. The van der Waals surface area contributed by atoms with Crippen LogP contribution in [0.15, 0.2) is 24.3 Å². The maximum atomic E-state index is 5.82. The minimum absolute atomic E-state index is 0.489. The third-order valence-corrected chi connectivity index (χ3v) is 4.84. The molecule has 2 aliphatic carbocycles. The normalized spacial score (nSPS) is 29.9. The lowest BCUT2D eigenvalue weighted by Gasteiger charge is -2.23. The fourth-order valence-electron chi connectivity index (χ4n) is 4.07. The first-order valence-corrected chi connectivity index (χ1v) is 7.82. The van der Waals surface area contributed by atoms with E-state index in [2.05, 4.69) is 43.4 Å². The van der Waals surface area contributed by atoms with Crippen LogP contribution in [0.1, 0.15) is 44.7 Å². The Kier molecular flexibility index (Phi) is 3.79. The van der Waals surface area contributed by atoms with Crippen molar-refractivity contribution >= 4 is 0 Å². The van der Waals surface area contributed by atoms with Crippen molar-refractivity contribution in [2.45, 2.75) is 39.2 Å². The molecule has 0 heterocycles. The standard InChI is InChI=1S/C17H25NO/c1-3-18-17(16-12-9-7-10-13(12)16)14-8-5-6-11-15(14)19-4-2/h5-6,8,11-13,16-18H,3-4,7,9-10H2,1-2H3. The van der Waals surface area contributed by atoms with Gasteiger partial charge in [0.1, 0.15) is 5.75 Å². The molecule has 0 saturated heterocycles. The molecule has 2 aliphatic rings. The van der Waals surface area contributed by atoms with E-state index in [1.165, 1.54) is 24.8 Å². The van der Waals surface area contributed by atoms with Gasteiger partial charge < -0.3 is 10.1 Å². The summed E-state index contributed by atoms with van der Waals surface area (Å²) in [6.45, 7) is 6.04. The lowest BCUT2D eigenvalue weighted by molar-refractivity contribution is 0.325. The minimum Gasteiger partial charge on any atom is -0.494 e. The van der Waals surface area contributed by atoms with Crippen LogP contribution >= 0.6 is 0 Å². The molecule has 0 aliphatic heterocycles. The molecule has 0 radical (unpaired) electrons. The number of ether oxygens (including phenoxy) is 1. The lowest BCUT2D eigenvalue weighted by Crippen LogP contribution is -2.25. The van der Waals surface area contributed by atoms with Gasteiger partial charge >= 0.3 is 0 Å². The Morgan fingerprint density at radius 1 is 1.21 bits per heavy atom. The van der Waals surface area contributed by atoms with Crippen LogP contribution in [0.5, 0.6) is 5.75 Å². The van der Waals surface area contributed by atoms with Crippen LogP contribution in [0.3, 0.4) is 0 Å². The molecular weight excluding hydrogens is 234 g/mol. The predicted molar refractivity (Wildman–Crippen MR) is 78.3 cm³/mol. The van der Waals surface area contributed by atoms with Gasteiger partial charge in [0, 0.05) is 11.6 Å². The van der Waals surface area contributed by atoms with Crippen molar-refractivity contribution in [2.75, 3.05) is 13.2 Å². The zero-order chi connectivity index (χ0) is 13.2. The number of benzene rings is 1. The van der Waals surface area contributed by atoms with Crippen LogP contribution in [0.4, 0.5) is 0 Å². The molecule has 3 rings (SSSR count). The minimum atomic E-state index is 0.489. The van der Waals surface area contributed by atoms with Crippen LogP contribution in [-0.4, -0.2) is 13.2 Å². The molecule has 1 aromatic carbocycles. The molecule has 2 fully saturated rings. The molecule has 2 heteroatoms. The van der Waals surface area contributed by atoms with Gasteiger partial charge in [-0.25, -0.2) is 0 Å². The van der Waals surface area contributed by atoms with E-state index in [0.29, 0.717) is 6.04 Å². The summed E-state index contributed by atoms with van der Waals surface area (Å²) in [7, 11) is 0. The Balaban J connectivity index is 1.83. The van der Waals surface area contributed by atoms with Crippen molar-refractivity contribution in [3.63, 3.8) is 0 Å². The highest BCUT2D eigenvalue weighted by molar-refractivity contribution is 5.37. The van der Waals surface area contributed by atoms with Gasteiger partial charge in [-0.05, 0) is 50.1 Å². The van der Waals surface area contributed by atoms with E-state index in [9.17, 15) is 0 Å². The quantitative estimate of drug-likeness (QED) is 0.839. The number of rotatable bonds is 6. The van der Waals surface area contributed by atoms with Gasteiger partial charge in [-0.3, -0.25) is 0 Å². The van der Waals surface area contributed by atoms with Gasteiger partial charge in [-0.1, -0.05) is 31.5 Å². The summed E-state index contributed by atoms with van der Waals surface area (Å²) in [4.78, 5) is 0. The number of hydrogen-bond donors (Lipinski definition) is 1. The van der Waals surface area contributed by atoms with E-state index in [1.807, 2.05) is 0 Å². The van der Waals surface area contributed by atoms with Crippen LogP contribution < -0.4 is 10.1 Å². The Morgan fingerprint density at radius 2 is 1.95 bits per heavy atom. The average Bonchev–Trinajstić information content (AvgIpc) is 2.89. The van der Waals surface area contributed by atoms with Crippen LogP contribution in [0.25, 0.3) is 0 Å². The summed E-state index contributed by atoms with van der Waals surface area (Å²) >= 11 is 0. The first-order chi connectivity index (χ1) is 9.36. The smallest absolute Gasteiger partial charge is 0.124 e. The van der Waals surface area contributed by atoms with E-state index >= 15 is 0 Å². The van der Waals surface area contributed by atoms with Gasteiger partial charge in [-0.15, -0.1) is 0 Å². The van der Waals surface area contributed by atoms with E-state index in [-0.39, 0.29) is 0 Å². The molecule has 1 aromatic rings. The molecule has 2 nitrogen and oxygen atoms in total. The summed E-state index contributed by atoms with van der Waals surface area (Å²) in [5.74, 6) is 3.86. The first-order valence-electron chi connectivity index (χ1n) is 7.82. The van der Waals surface area contributed by atoms with Crippen molar-refractivity contribution in [3.05, 3.63) is 29.8 Å². The zero-order valence-electron chi connectivity index (χ0n) is 12.1. The van der Waals surface area contributed by atoms with Crippen LogP contribution in [0, 0.1) is 17.8 Å². The van der Waals surface area contributed by atoms with E-state index < -0.39 is 0 Å². The lowest BCUT2D eigenvalue weighted by atomic mass is 9.96. The summed E-state index contributed by atoms with van der Waals surface area (Å²) < 4.78 is 5.82. The number of fused-ring (bicyclic) bond motifs is 1. The van der Waals surface area contributed by atoms with E-state index in [0.717, 1.165) is 36.7 Å². The van der Waals surface area contributed by atoms with E-state index in [1.54, 1.807) is 0 Å². The molecule has 0 aromatic heterocycles. The molecule has 0 amide bonds. The summed E-state index contributed by atoms with van der Waals surface area (Å²) in [6, 6.07) is 9.06. The maximum absolute atomic E-state index is 5.82. The third kappa shape index (κ3) is 2.38. The Morgan fingerprint density at radius 3 is 2.63 bits per heavy atom. The van der Waals surface area contributed by atoms with Crippen molar-refractivity contribution in [3.8, 4) is 5.75 Å². The predicted octanol–water partition coefficient (Wildman–Crippen LogP) is 3.78. The second-order valence-corrected chi connectivity index (χ2v) is 5.84. The number of hydrogen-bond acceptors (Lipinski definition) is 2. The molecule has 1 N–H and O–H groups in total. The summed E-state index contributed by atoms with van der Waals surface area (Å²) in [5, 5.41) is 3.71. The zero-order valence-corrected chi connectivity index (χ0v) is 12.1. The Bertz CT molecular complexity index is 421.